The van der Waals surface area contributed by atoms with Gasteiger partial charge in [0.1, 0.15) is 6.10 Å². The second-order valence-corrected chi connectivity index (χ2v) is 10.8. The Morgan fingerprint density at radius 1 is 1.00 bits per heavy atom. The van der Waals surface area contributed by atoms with Crippen molar-refractivity contribution in [1.82, 2.24) is 14.7 Å². The number of amides is 1. The van der Waals surface area contributed by atoms with Crippen molar-refractivity contribution in [3.8, 4) is 0 Å². The minimum absolute atomic E-state index is 0.0101. The molecule has 0 bridgehead atoms. The average molecular weight is 505 g/mol. The second kappa shape index (κ2) is 11.0. The van der Waals surface area contributed by atoms with E-state index in [0.29, 0.717) is 32.8 Å². The van der Waals surface area contributed by atoms with Gasteiger partial charge in [-0.3, -0.25) is 19.4 Å². The molecule has 0 aromatic heterocycles. The number of esters is 1. The lowest BCUT2D eigenvalue weighted by Gasteiger charge is -2.38. The lowest BCUT2D eigenvalue weighted by molar-refractivity contribution is -0.153. The highest BCUT2D eigenvalue weighted by molar-refractivity contribution is 6.30. The quantitative estimate of drug-likeness (QED) is 0.550. The summed E-state index contributed by atoms with van der Waals surface area (Å²) in [6.07, 6.45) is 3.10. The van der Waals surface area contributed by atoms with Crippen molar-refractivity contribution in [2.45, 2.75) is 31.8 Å². The molecule has 192 valence electrons. The van der Waals surface area contributed by atoms with Crippen LogP contribution in [0.4, 0.5) is 5.69 Å². The molecular weight excluding hydrogens is 468 g/mol. The third kappa shape index (κ3) is 5.93. The standard InChI is InChI=1S/C26H37ClN4O4/c27-21-2-1-3-22(18-21)30-12-10-28(11-13-30)7-4-23-19-26(25(33)35-23)5-8-31(9-6-26)24(32)20-29-14-16-34-17-15-29/h1-3,18,23H,4-17,19-20H2/t23-/m0/s1. The largest absolute Gasteiger partial charge is 0.462 e. The number of anilines is 1. The summed E-state index contributed by atoms with van der Waals surface area (Å²) in [6.45, 7) is 9.66. The van der Waals surface area contributed by atoms with E-state index in [1.807, 2.05) is 23.1 Å². The van der Waals surface area contributed by atoms with E-state index in [4.69, 9.17) is 21.1 Å². The summed E-state index contributed by atoms with van der Waals surface area (Å²) >= 11 is 6.15. The molecular formula is C26H37ClN4O4. The summed E-state index contributed by atoms with van der Waals surface area (Å²) in [5.41, 5.74) is 0.782. The van der Waals surface area contributed by atoms with Gasteiger partial charge in [0.25, 0.3) is 0 Å². The minimum atomic E-state index is -0.397. The SMILES string of the molecule is O=C(CN1CCOCC1)N1CCC2(CC1)C[C@H](CCN1CCN(c3cccc(Cl)c3)CC1)OC2=O. The minimum Gasteiger partial charge on any atom is -0.462 e. The van der Waals surface area contributed by atoms with Crippen molar-refractivity contribution in [3.05, 3.63) is 29.3 Å². The van der Waals surface area contributed by atoms with E-state index >= 15 is 0 Å². The monoisotopic (exact) mass is 504 g/mol. The van der Waals surface area contributed by atoms with Gasteiger partial charge in [0.15, 0.2) is 0 Å². The number of piperidine rings is 1. The maximum absolute atomic E-state index is 12.9. The van der Waals surface area contributed by atoms with Crippen LogP contribution in [0.2, 0.25) is 5.02 Å². The molecule has 0 saturated carbocycles. The third-order valence-corrected chi connectivity index (χ3v) is 8.41. The highest BCUT2D eigenvalue weighted by Crippen LogP contribution is 2.44. The number of halogens is 1. The average Bonchev–Trinajstić information content (AvgIpc) is 3.18. The van der Waals surface area contributed by atoms with Crippen molar-refractivity contribution in [2.75, 3.05) is 83.6 Å². The molecule has 1 aromatic rings. The molecule has 1 atom stereocenters. The van der Waals surface area contributed by atoms with Gasteiger partial charge in [0, 0.05) is 76.0 Å². The van der Waals surface area contributed by atoms with Gasteiger partial charge in [0.05, 0.1) is 25.2 Å². The lowest BCUT2D eigenvalue weighted by Crippen LogP contribution is -2.49. The number of likely N-dealkylation sites (tertiary alicyclic amines) is 1. The number of ether oxygens (including phenoxy) is 2. The van der Waals surface area contributed by atoms with E-state index in [2.05, 4.69) is 20.8 Å². The number of rotatable bonds is 6. The Morgan fingerprint density at radius 2 is 1.74 bits per heavy atom. The van der Waals surface area contributed by atoms with Gasteiger partial charge in [-0.25, -0.2) is 0 Å². The topological polar surface area (TPSA) is 65.6 Å². The normalized spacial score (nSPS) is 25.7. The fourth-order valence-electron chi connectivity index (χ4n) is 5.87. The Balaban J connectivity index is 1.04. The zero-order valence-electron chi connectivity index (χ0n) is 20.5. The van der Waals surface area contributed by atoms with Crippen LogP contribution < -0.4 is 4.90 Å². The Bertz CT molecular complexity index is 893. The first-order valence-corrected chi connectivity index (χ1v) is 13.4. The summed E-state index contributed by atoms with van der Waals surface area (Å²) in [5.74, 6) is 0.120. The number of piperazine rings is 1. The van der Waals surface area contributed by atoms with Gasteiger partial charge < -0.3 is 19.3 Å². The molecule has 35 heavy (non-hydrogen) atoms. The summed E-state index contributed by atoms with van der Waals surface area (Å²) in [4.78, 5) is 34.5. The van der Waals surface area contributed by atoms with Gasteiger partial charge in [-0.2, -0.15) is 0 Å². The van der Waals surface area contributed by atoms with Crippen LogP contribution in [0.25, 0.3) is 0 Å². The van der Waals surface area contributed by atoms with Gasteiger partial charge in [-0.05, 0) is 37.5 Å². The molecule has 1 aromatic carbocycles. The molecule has 4 fully saturated rings. The second-order valence-electron chi connectivity index (χ2n) is 10.4. The molecule has 0 unspecified atom stereocenters. The Morgan fingerprint density at radius 3 is 2.46 bits per heavy atom. The number of hydrogen-bond acceptors (Lipinski definition) is 7. The van der Waals surface area contributed by atoms with Crippen molar-refractivity contribution in [3.63, 3.8) is 0 Å². The zero-order chi connectivity index (χ0) is 24.3. The van der Waals surface area contributed by atoms with Crippen LogP contribution in [-0.4, -0.2) is 111 Å². The van der Waals surface area contributed by atoms with Crippen LogP contribution in [0.1, 0.15) is 25.7 Å². The predicted octanol–water partition coefficient (Wildman–Crippen LogP) is 2.11. The number of morpholine rings is 1. The molecule has 0 radical (unpaired) electrons. The predicted molar refractivity (Wildman–Crippen MR) is 135 cm³/mol. The smallest absolute Gasteiger partial charge is 0.312 e. The first-order chi connectivity index (χ1) is 17.0. The molecule has 4 aliphatic rings. The van der Waals surface area contributed by atoms with Crippen LogP contribution in [0, 0.1) is 5.41 Å². The maximum atomic E-state index is 12.9. The van der Waals surface area contributed by atoms with E-state index in [-0.39, 0.29) is 18.0 Å². The molecule has 5 rings (SSSR count). The molecule has 8 nitrogen and oxygen atoms in total. The van der Waals surface area contributed by atoms with Crippen LogP contribution in [0.3, 0.4) is 0 Å². The Hall–Kier alpha value is -1.87. The first kappa shape index (κ1) is 24.8. The van der Waals surface area contributed by atoms with Gasteiger partial charge in [0.2, 0.25) is 5.91 Å². The number of benzene rings is 1. The first-order valence-electron chi connectivity index (χ1n) is 13.0. The van der Waals surface area contributed by atoms with Gasteiger partial charge >= 0.3 is 5.97 Å². The number of carbonyl (C=O) groups is 2. The summed E-state index contributed by atoms with van der Waals surface area (Å²) in [7, 11) is 0. The highest BCUT2D eigenvalue weighted by atomic mass is 35.5. The molecule has 4 saturated heterocycles. The molecule has 0 N–H and O–H groups in total. The lowest BCUT2D eigenvalue weighted by atomic mass is 9.75. The Labute approximate surface area is 213 Å². The van der Waals surface area contributed by atoms with E-state index in [1.165, 1.54) is 5.69 Å². The summed E-state index contributed by atoms with van der Waals surface area (Å²) < 4.78 is 11.2. The van der Waals surface area contributed by atoms with Crippen molar-refractivity contribution >= 4 is 29.2 Å². The van der Waals surface area contributed by atoms with E-state index in [0.717, 1.165) is 76.5 Å². The van der Waals surface area contributed by atoms with E-state index in [9.17, 15) is 9.59 Å². The number of cyclic esters (lactones) is 1. The Kier molecular flexibility index (Phi) is 7.82. The highest BCUT2D eigenvalue weighted by Gasteiger charge is 2.50. The third-order valence-electron chi connectivity index (χ3n) is 8.17. The molecule has 4 heterocycles. The van der Waals surface area contributed by atoms with Crippen molar-refractivity contribution in [1.29, 1.82) is 0 Å². The number of hydrogen-bond donors (Lipinski definition) is 0. The molecule has 9 heteroatoms. The van der Waals surface area contributed by atoms with Crippen LogP contribution in [0.15, 0.2) is 24.3 Å². The number of carbonyl (C=O) groups excluding carboxylic acids is 2. The van der Waals surface area contributed by atoms with Crippen LogP contribution >= 0.6 is 11.6 Å². The fraction of sp³-hybridized carbons (Fsp3) is 0.692. The van der Waals surface area contributed by atoms with Crippen molar-refractivity contribution < 1.29 is 19.1 Å². The summed E-state index contributed by atoms with van der Waals surface area (Å²) in [5, 5.41) is 0.772. The molecule has 1 amide bonds. The zero-order valence-corrected chi connectivity index (χ0v) is 21.3. The van der Waals surface area contributed by atoms with E-state index < -0.39 is 5.41 Å². The molecule has 0 aliphatic carbocycles. The van der Waals surface area contributed by atoms with Crippen molar-refractivity contribution in [2.24, 2.45) is 5.41 Å². The number of nitrogens with zero attached hydrogens (tertiary/aromatic N) is 4. The maximum Gasteiger partial charge on any atom is 0.312 e. The fourth-order valence-corrected chi connectivity index (χ4v) is 6.05. The molecule has 1 spiro atoms. The van der Waals surface area contributed by atoms with Crippen LogP contribution in [-0.2, 0) is 19.1 Å². The van der Waals surface area contributed by atoms with Gasteiger partial charge in [-0.1, -0.05) is 17.7 Å². The van der Waals surface area contributed by atoms with Gasteiger partial charge in [-0.15, -0.1) is 0 Å². The molecule has 4 aliphatic heterocycles. The summed E-state index contributed by atoms with van der Waals surface area (Å²) in [6, 6.07) is 8.04. The van der Waals surface area contributed by atoms with Crippen LogP contribution in [0.5, 0.6) is 0 Å². The van der Waals surface area contributed by atoms with E-state index in [1.54, 1.807) is 0 Å².